The van der Waals surface area contributed by atoms with Crippen molar-refractivity contribution in [2.24, 2.45) is 5.73 Å². The van der Waals surface area contributed by atoms with Crippen LogP contribution in [0.3, 0.4) is 0 Å². The number of aryl methyl sites for hydroxylation is 1. The van der Waals surface area contributed by atoms with Crippen LogP contribution in [0.15, 0.2) is 24.3 Å². The molecule has 0 aliphatic heterocycles. The molecule has 0 radical (unpaired) electrons. The normalized spacial score (nSPS) is 10.2. The molecule has 0 aliphatic carbocycles. The summed E-state index contributed by atoms with van der Waals surface area (Å²) in [6.45, 7) is 5.04. The third kappa shape index (κ3) is 3.75. The number of primary amides is 1. The highest BCUT2D eigenvalue weighted by molar-refractivity contribution is 7.16. The molecule has 23 heavy (non-hydrogen) atoms. The molecule has 0 atom stereocenters. The van der Waals surface area contributed by atoms with Crippen molar-refractivity contribution >= 4 is 39.7 Å². The zero-order valence-electron chi connectivity index (χ0n) is 13.0. The van der Waals surface area contributed by atoms with Crippen LogP contribution in [0.2, 0.25) is 0 Å². The predicted molar refractivity (Wildman–Crippen MR) is 91.0 cm³/mol. The number of nitrogens with two attached hydrogens (primary N) is 1. The van der Waals surface area contributed by atoms with Gasteiger partial charge in [0.05, 0.1) is 5.56 Å². The monoisotopic (exact) mass is 331 g/mol. The second-order valence-corrected chi connectivity index (χ2v) is 6.29. The summed E-state index contributed by atoms with van der Waals surface area (Å²) in [4.78, 5) is 36.0. The number of hydrogen-bond acceptors (Lipinski definition) is 4. The first-order chi connectivity index (χ1) is 10.8. The molecule has 0 spiro atoms. The lowest BCUT2D eigenvalue weighted by molar-refractivity contribution is -0.114. The van der Waals surface area contributed by atoms with Crippen LogP contribution in [0.4, 0.5) is 10.7 Å². The molecule has 2 rings (SSSR count). The highest BCUT2D eigenvalue weighted by atomic mass is 32.1. The fraction of sp³-hybridized carbons (Fsp3) is 0.188. The Morgan fingerprint density at radius 3 is 2.43 bits per heavy atom. The van der Waals surface area contributed by atoms with Gasteiger partial charge >= 0.3 is 0 Å². The average molecular weight is 331 g/mol. The predicted octanol–water partition coefficient (Wildman–Crippen LogP) is 2.67. The Hall–Kier alpha value is -2.67. The van der Waals surface area contributed by atoms with Gasteiger partial charge in [-0.2, -0.15) is 0 Å². The first-order valence-corrected chi connectivity index (χ1v) is 7.70. The van der Waals surface area contributed by atoms with Crippen LogP contribution >= 0.6 is 11.3 Å². The summed E-state index contributed by atoms with van der Waals surface area (Å²) in [5.41, 5.74) is 7.39. The van der Waals surface area contributed by atoms with Gasteiger partial charge in [-0.05, 0) is 37.6 Å². The number of carbonyl (C=O) groups is 3. The first-order valence-electron chi connectivity index (χ1n) is 6.88. The van der Waals surface area contributed by atoms with Crippen molar-refractivity contribution in [3.8, 4) is 0 Å². The third-order valence-electron chi connectivity index (χ3n) is 3.30. The minimum Gasteiger partial charge on any atom is -0.365 e. The molecule has 3 amide bonds. The molecule has 0 fully saturated rings. The lowest BCUT2D eigenvalue weighted by atomic mass is 10.1. The molecular formula is C16H17N3O3S. The SMILES string of the molecule is CC(=O)Nc1cccc(C(=O)Nc2sc(C)c(C)c2C(N)=O)c1. The molecule has 7 heteroatoms. The van der Waals surface area contributed by atoms with E-state index in [9.17, 15) is 14.4 Å². The fourth-order valence-corrected chi connectivity index (χ4v) is 3.19. The van der Waals surface area contributed by atoms with Gasteiger partial charge in [-0.1, -0.05) is 6.07 Å². The zero-order valence-corrected chi connectivity index (χ0v) is 13.8. The second kappa shape index (κ2) is 6.62. The molecule has 2 aromatic rings. The van der Waals surface area contributed by atoms with Crippen molar-refractivity contribution in [1.29, 1.82) is 0 Å². The van der Waals surface area contributed by atoms with Crippen molar-refractivity contribution in [3.63, 3.8) is 0 Å². The summed E-state index contributed by atoms with van der Waals surface area (Å²) >= 11 is 1.30. The Bertz CT molecular complexity index is 796. The Labute approximate surface area is 137 Å². The highest BCUT2D eigenvalue weighted by Crippen LogP contribution is 2.32. The molecule has 1 aromatic carbocycles. The number of benzene rings is 1. The number of nitrogens with one attached hydrogen (secondary N) is 2. The van der Waals surface area contributed by atoms with E-state index in [0.717, 1.165) is 10.4 Å². The van der Waals surface area contributed by atoms with E-state index in [-0.39, 0.29) is 11.8 Å². The van der Waals surface area contributed by atoms with Gasteiger partial charge in [-0.25, -0.2) is 0 Å². The maximum absolute atomic E-state index is 12.4. The molecule has 6 nitrogen and oxygen atoms in total. The Balaban J connectivity index is 2.28. The summed E-state index contributed by atoms with van der Waals surface area (Å²) in [5, 5.41) is 5.77. The summed E-state index contributed by atoms with van der Waals surface area (Å²) < 4.78 is 0. The van der Waals surface area contributed by atoms with Crippen molar-refractivity contribution in [1.82, 2.24) is 0 Å². The average Bonchev–Trinajstić information content (AvgIpc) is 2.73. The summed E-state index contributed by atoms with van der Waals surface area (Å²) in [7, 11) is 0. The Morgan fingerprint density at radius 1 is 1.13 bits per heavy atom. The number of hydrogen-bond donors (Lipinski definition) is 3. The van der Waals surface area contributed by atoms with Gasteiger partial charge in [0.1, 0.15) is 5.00 Å². The van der Waals surface area contributed by atoms with Crippen LogP contribution in [-0.4, -0.2) is 17.7 Å². The van der Waals surface area contributed by atoms with Gasteiger partial charge in [-0.3, -0.25) is 14.4 Å². The quantitative estimate of drug-likeness (QED) is 0.802. The van der Waals surface area contributed by atoms with Crippen molar-refractivity contribution < 1.29 is 14.4 Å². The molecule has 0 unspecified atom stereocenters. The van der Waals surface area contributed by atoms with Crippen LogP contribution < -0.4 is 16.4 Å². The fourth-order valence-electron chi connectivity index (χ4n) is 2.13. The van der Waals surface area contributed by atoms with E-state index in [1.807, 2.05) is 6.92 Å². The molecule has 1 aromatic heterocycles. The van der Waals surface area contributed by atoms with E-state index < -0.39 is 5.91 Å². The highest BCUT2D eigenvalue weighted by Gasteiger charge is 2.19. The van der Waals surface area contributed by atoms with Crippen molar-refractivity contribution in [3.05, 3.63) is 45.8 Å². The summed E-state index contributed by atoms with van der Waals surface area (Å²) in [6, 6.07) is 6.54. The van der Waals surface area contributed by atoms with Gasteiger partial charge in [0.15, 0.2) is 0 Å². The van der Waals surface area contributed by atoms with Crippen LogP contribution in [0, 0.1) is 13.8 Å². The lowest BCUT2D eigenvalue weighted by Gasteiger charge is -2.07. The van der Waals surface area contributed by atoms with Gasteiger partial charge in [0, 0.05) is 23.1 Å². The topological polar surface area (TPSA) is 101 Å². The minimum absolute atomic E-state index is 0.219. The van der Waals surface area contributed by atoms with Crippen molar-refractivity contribution in [2.45, 2.75) is 20.8 Å². The largest absolute Gasteiger partial charge is 0.365 e. The molecule has 0 saturated heterocycles. The van der Waals surface area contributed by atoms with E-state index in [2.05, 4.69) is 10.6 Å². The van der Waals surface area contributed by atoms with E-state index in [0.29, 0.717) is 21.8 Å². The van der Waals surface area contributed by atoms with Gasteiger partial charge < -0.3 is 16.4 Å². The number of thiophene rings is 1. The number of anilines is 2. The van der Waals surface area contributed by atoms with E-state index >= 15 is 0 Å². The smallest absolute Gasteiger partial charge is 0.256 e. The Morgan fingerprint density at radius 2 is 1.83 bits per heavy atom. The lowest BCUT2D eigenvalue weighted by Crippen LogP contribution is -2.17. The van der Waals surface area contributed by atoms with E-state index in [4.69, 9.17) is 5.73 Å². The number of rotatable bonds is 4. The van der Waals surface area contributed by atoms with E-state index in [1.54, 1.807) is 31.2 Å². The van der Waals surface area contributed by atoms with Crippen LogP contribution in [-0.2, 0) is 4.79 Å². The molecular weight excluding hydrogens is 314 g/mol. The Kier molecular flexibility index (Phi) is 4.80. The van der Waals surface area contributed by atoms with Gasteiger partial charge in [0.25, 0.3) is 11.8 Å². The minimum atomic E-state index is -0.575. The molecule has 120 valence electrons. The van der Waals surface area contributed by atoms with Crippen LogP contribution in [0.5, 0.6) is 0 Å². The summed E-state index contributed by atoms with van der Waals surface area (Å²) in [6.07, 6.45) is 0. The van der Waals surface area contributed by atoms with Crippen LogP contribution in [0.1, 0.15) is 38.1 Å². The maximum Gasteiger partial charge on any atom is 0.256 e. The van der Waals surface area contributed by atoms with Crippen LogP contribution in [0.25, 0.3) is 0 Å². The molecule has 1 heterocycles. The molecule has 0 bridgehead atoms. The standard InChI is InChI=1S/C16H17N3O3S/c1-8-9(2)23-16(13(8)14(17)21)19-15(22)11-5-4-6-12(7-11)18-10(3)20/h4-7H,1-3H3,(H2,17,21)(H,18,20)(H,19,22). The van der Waals surface area contributed by atoms with Gasteiger partial charge in [0.2, 0.25) is 5.91 Å². The van der Waals surface area contributed by atoms with E-state index in [1.165, 1.54) is 18.3 Å². The maximum atomic E-state index is 12.4. The first kappa shape index (κ1) is 16.7. The van der Waals surface area contributed by atoms with Gasteiger partial charge in [-0.15, -0.1) is 11.3 Å². The molecule has 0 aliphatic rings. The molecule has 4 N–H and O–H groups in total. The number of amides is 3. The second-order valence-electron chi connectivity index (χ2n) is 5.07. The molecule has 0 saturated carbocycles. The third-order valence-corrected chi connectivity index (χ3v) is 4.43. The summed E-state index contributed by atoms with van der Waals surface area (Å²) in [5.74, 6) is -1.17. The zero-order chi connectivity index (χ0) is 17.1. The number of carbonyl (C=O) groups excluding carboxylic acids is 3. The van der Waals surface area contributed by atoms with Crippen molar-refractivity contribution in [2.75, 3.05) is 10.6 Å².